The number of benzene rings is 12. The van der Waals surface area contributed by atoms with Crippen LogP contribution in [0.1, 0.15) is 11.1 Å². The van der Waals surface area contributed by atoms with E-state index in [0.29, 0.717) is 11.1 Å². The van der Waals surface area contributed by atoms with Crippen molar-refractivity contribution in [2.45, 2.75) is 13.1 Å². The van der Waals surface area contributed by atoms with Gasteiger partial charge in [0.25, 0.3) is 0 Å². The molecule has 3 heteroatoms. The fourth-order valence-electron chi connectivity index (χ4n) is 12.0. The van der Waals surface area contributed by atoms with Gasteiger partial charge in [0.1, 0.15) is 0 Å². The number of hydrogen-bond acceptors (Lipinski definition) is 0. The predicted molar refractivity (Wildman–Crippen MR) is 277 cm³/mol. The van der Waals surface area contributed by atoms with Gasteiger partial charge in [-0.15, -0.1) is 0 Å². The first kappa shape index (κ1) is 39.6. The summed E-state index contributed by atoms with van der Waals surface area (Å²) in [5.41, 5.74) is 10.3. The molecular weight excluding hydrogens is 850 g/mol. The third-order valence-corrected chi connectivity index (χ3v) is 14.7. The summed E-state index contributed by atoms with van der Waals surface area (Å²) in [5.74, 6) is 0. The van der Waals surface area contributed by atoms with Gasteiger partial charge in [0.15, 0.2) is 0 Å². The molecule has 324 valence electrons. The molecule has 0 atom stereocenters. The maximum absolute atomic E-state index is 14.3. The van der Waals surface area contributed by atoms with Crippen LogP contribution in [0.5, 0.6) is 0 Å². The highest BCUT2D eigenvalue weighted by Gasteiger charge is 2.31. The van der Waals surface area contributed by atoms with Crippen LogP contribution in [0.4, 0.5) is 13.2 Å². The molecule has 0 aromatic heterocycles. The molecule has 12 aromatic rings. The molecule has 0 spiro atoms. The van der Waals surface area contributed by atoms with E-state index in [-0.39, 0.29) is 0 Å². The number of fused-ring (bicyclic) bond motifs is 5. The number of alkyl halides is 3. The van der Waals surface area contributed by atoms with Crippen LogP contribution in [0.15, 0.2) is 218 Å². The lowest BCUT2D eigenvalue weighted by atomic mass is 9.86. The minimum absolute atomic E-state index is 0.539. The molecule has 14 rings (SSSR count). The molecule has 12 aromatic carbocycles. The summed E-state index contributed by atoms with van der Waals surface area (Å²) in [4.78, 5) is 0. The molecule has 0 heterocycles. The molecule has 2 aliphatic rings. The van der Waals surface area contributed by atoms with Gasteiger partial charge in [-0.1, -0.05) is 188 Å². The standard InChI is InChI=1S/C66H39F3/c1-38-32-46(34-47(33-38)66(67,68)69)45-26-27-48-53(37-45)57(40-18-8-3-9-19-40)63-50-30-31-52-61-51(29-28-49(60(50)61)62(63)56(48)39-16-6-2-7-17-39)64-58(41-20-10-4-11-21-41)54-35-43-24-14-15-25-44(43)36-55(54)59(65(52)64)42-22-12-5-13-23-42/h2-37H,1H3. The van der Waals surface area contributed by atoms with Crippen LogP contribution in [-0.4, -0.2) is 0 Å². The van der Waals surface area contributed by atoms with Gasteiger partial charge in [-0.3, -0.25) is 0 Å². The lowest BCUT2D eigenvalue weighted by Gasteiger charge is -2.17. The summed E-state index contributed by atoms with van der Waals surface area (Å²) >= 11 is 0. The van der Waals surface area contributed by atoms with Crippen molar-refractivity contribution in [3.05, 3.63) is 271 Å². The Morgan fingerprint density at radius 2 is 0.652 bits per heavy atom. The maximum Gasteiger partial charge on any atom is 0.416 e. The first-order valence-corrected chi connectivity index (χ1v) is 23.5. The van der Waals surface area contributed by atoms with Crippen LogP contribution >= 0.6 is 0 Å². The summed E-state index contributed by atoms with van der Waals surface area (Å²) in [6, 6.07) is 76.4. The van der Waals surface area contributed by atoms with Gasteiger partial charge >= 0.3 is 6.18 Å². The Labute approximate surface area is 394 Å². The third kappa shape index (κ3) is 5.84. The van der Waals surface area contributed by atoms with E-state index in [2.05, 4.69) is 182 Å². The Bertz CT molecular complexity index is 4480. The van der Waals surface area contributed by atoms with E-state index in [0.717, 1.165) is 49.0 Å². The van der Waals surface area contributed by atoms with Crippen molar-refractivity contribution in [2.75, 3.05) is 0 Å². The van der Waals surface area contributed by atoms with Crippen LogP contribution in [0.25, 0.3) is 98.7 Å². The average molecular weight is 889 g/mol. The smallest absolute Gasteiger partial charge is 0.166 e. The molecule has 69 heavy (non-hydrogen) atoms. The molecule has 0 radical (unpaired) electrons. The lowest BCUT2D eigenvalue weighted by Crippen LogP contribution is -2.05. The molecule has 0 nitrogen and oxygen atoms in total. The highest BCUT2D eigenvalue weighted by molar-refractivity contribution is 6.13. The lowest BCUT2D eigenvalue weighted by molar-refractivity contribution is -0.137. The van der Waals surface area contributed by atoms with E-state index in [1.54, 1.807) is 6.92 Å². The topological polar surface area (TPSA) is 0 Å². The van der Waals surface area contributed by atoms with E-state index in [4.69, 9.17) is 0 Å². The van der Waals surface area contributed by atoms with Crippen LogP contribution in [-0.2, 0) is 6.18 Å². The van der Waals surface area contributed by atoms with Gasteiger partial charge in [0.2, 0.25) is 0 Å². The summed E-state index contributed by atoms with van der Waals surface area (Å²) in [6.07, 6.45) is -4.47. The van der Waals surface area contributed by atoms with Crippen molar-refractivity contribution >= 4 is 43.1 Å². The second-order valence-corrected chi connectivity index (χ2v) is 18.6. The van der Waals surface area contributed by atoms with E-state index in [9.17, 15) is 13.2 Å². The van der Waals surface area contributed by atoms with Crippen LogP contribution in [0.2, 0.25) is 0 Å². The summed E-state index contributed by atoms with van der Waals surface area (Å²) in [6.45, 7) is 1.73. The number of halogens is 3. The summed E-state index contributed by atoms with van der Waals surface area (Å²) in [7, 11) is 0. The van der Waals surface area contributed by atoms with Crippen molar-refractivity contribution < 1.29 is 13.2 Å². The second-order valence-electron chi connectivity index (χ2n) is 18.6. The molecule has 2 aliphatic carbocycles. The quantitative estimate of drug-likeness (QED) is 0.151. The maximum atomic E-state index is 14.3. The molecule has 0 amide bonds. The van der Waals surface area contributed by atoms with Gasteiger partial charge in [0, 0.05) is 0 Å². The monoisotopic (exact) mass is 888 g/mol. The SMILES string of the molecule is Cc1cc(-c2ccc3c(-c4ccccc4)c4c(c(-c5ccccc5)c3c2)=c2ccc3c5c(ccc=4c25)=c2c(-c4ccccc4)c4cc5ccccc5cc4c(-c4ccccc4)c2=3)cc(C(F)(F)F)c1. The Hall–Kier alpha value is -8.53. The number of rotatable bonds is 5. The fourth-order valence-corrected chi connectivity index (χ4v) is 12.0. The largest absolute Gasteiger partial charge is 0.416 e. The van der Waals surface area contributed by atoms with Gasteiger partial charge in [-0.2, -0.15) is 13.2 Å². The highest BCUT2D eigenvalue weighted by Crippen LogP contribution is 2.47. The van der Waals surface area contributed by atoms with Crippen molar-refractivity contribution in [1.29, 1.82) is 0 Å². The molecular formula is C66H39F3. The fraction of sp³-hybridized carbons (Fsp3) is 0.0303. The van der Waals surface area contributed by atoms with Crippen molar-refractivity contribution in [1.82, 2.24) is 0 Å². The van der Waals surface area contributed by atoms with E-state index in [1.807, 2.05) is 24.3 Å². The van der Waals surface area contributed by atoms with Crippen LogP contribution in [0.3, 0.4) is 0 Å². The summed E-state index contributed by atoms with van der Waals surface area (Å²) < 4.78 is 43.0. The van der Waals surface area contributed by atoms with Gasteiger partial charge in [0.05, 0.1) is 5.56 Å². The predicted octanol–water partition coefficient (Wildman–Crippen LogP) is 17.7. The number of aryl methyl sites for hydroxylation is 1. The summed E-state index contributed by atoms with van der Waals surface area (Å²) in [5, 5.41) is 18.9. The number of hydrogen-bond donors (Lipinski definition) is 0. The Kier molecular flexibility index (Phi) is 8.46. The van der Waals surface area contributed by atoms with E-state index in [1.165, 1.54) is 98.0 Å². The Balaban J connectivity index is 1.25. The van der Waals surface area contributed by atoms with Crippen LogP contribution < -0.4 is 0 Å². The molecule has 0 saturated heterocycles. The Morgan fingerprint density at radius 3 is 1.04 bits per heavy atom. The van der Waals surface area contributed by atoms with Gasteiger partial charge in [-0.25, -0.2) is 0 Å². The molecule has 0 unspecified atom stereocenters. The van der Waals surface area contributed by atoms with E-state index >= 15 is 0 Å². The zero-order chi connectivity index (χ0) is 46.1. The van der Waals surface area contributed by atoms with Crippen molar-refractivity contribution in [3.8, 4) is 55.6 Å². The van der Waals surface area contributed by atoms with Crippen LogP contribution in [0, 0.1) is 48.7 Å². The normalized spacial score (nSPS) is 12.3. The third-order valence-electron chi connectivity index (χ3n) is 14.7. The first-order chi connectivity index (χ1) is 33.8. The average Bonchev–Trinajstić information content (AvgIpc) is 3.89. The van der Waals surface area contributed by atoms with Crippen molar-refractivity contribution in [2.24, 2.45) is 0 Å². The van der Waals surface area contributed by atoms with Gasteiger partial charge in [-0.05, 0) is 183 Å². The van der Waals surface area contributed by atoms with Gasteiger partial charge < -0.3 is 0 Å². The molecule has 0 saturated carbocycles. The van der Waals surface area contributed by atoms with E-state index < -0.39 is 11.7 Å². The zero-order valence-corrected chi connectivity index (χ0v) is 37.4. The minimum Gasteiger partial charge on any atom is -0.166 e. The minimum atomic E-state index is -4.47. The molecule has 0 aliphatic heterocycles. The molecule has 0 N–H and O–H groups in total. The zero-order valence-electron chi connectivity index (χ0n) is 37.4. The highest BCUT2D eigenvalue weighted by atomic mass is 19.4. The van der Waals surface area contributed by atoms with Crippen molar-refractivity contribution in [3.63, 3.8) is 0 Å². The Morgan fingerprint density at radius 1 is 0.290 bits per heavy atom. The molecule has 0 bridgehead atoms. The second kappa shape index (κ2) is 14.7. The molecule has 0 fully saturated rings. The first-order valence-electron chi connectivity index (χ1n) is 23.5.